The van der Waals surface area contributed by atoms with Gasteiger partial charge in [-0.3, -0.25) is 4.79 Å². The van der Waals surface area contributed by atoms with Gasteiger partial charge in [-0.15, -0.1) is 11.3 Å². The molecule has 1 amide bonds. The molecule has 2 aromatic rings. The highest BCUT2D eigenvalue weighted by atomic mass is 32.1. The van der Waals surface area contributed by atoms with Gasteiger partial charge in [0.2, 0.25) is 11.9 Å². The number of rotatable bonds is 2. The maximum atomic E-state index is 13.2. The minimum Gasteiger partial charge on any atom is -0.345 e. The standard InChI is InChI=1S/C17H21FN4OS/c1-17(2,3)15(23)21-6-8-22(9-7-21)16-20-13(11-24-16)12-4-5-19-14(18)10-12/h4-5,10-11H,6-9H2,1-3H3. The highest BCUT2D eigenvalue weighted by Gasteiger charge is 2.30. The monoisotopic (exact) mass is 348 g/mol. The van der Waals surface area contributed by atoms with Crippen molar-refractivity contribution < 1.29 is 9.18 Å². The number of thiazole rings is 1. The van der Waals surface area contributed by atoms with Gasteiger partial charge in [0.15, 0.2) is 5.13 Å². The number of amides is 1. The van der Waals surface area contributed by atoms with Gasteiger partial charge in [-0.05, 0) is 6.07 Å². The predicted molar refractivity (Wildman–Crippen MR) is 93.6 cm³/mol. The summed E-state index contributed by atoms with van der Waals surface area (Å²) < 4.78 is 13.2. The molecule has 1 fully saturated rings. The number of pyridine rings is 1. The maximum Gasteiger partial charge on any atom is 0.228 e. The number of nitrogens with zero attached hydrogens (tertiary/aromatic N) is 4. The summed E-state index contributed by atoms with van der Waals surface area (Å²) in [5.41, 5.74) is 1.14. The Morgan fingerprint density at radius 1 is 1.25 bits per heavy atom. The molecule has 0 aliphatic carbocycles. The van der Waals surface area contributed by atoms with Gasteiger partial charge in [-0.1, -0.05) is 20.8 Å². The first-order valence-corrected chi connectivity index (χ1v) is 8.84. The number of piperazine rings is 1. The van der Waals surface area contributed by atoms with Crippen LogP contribution in [0.15, 0.2) is 23.7 Å². The SMILES string of the molecule is CC(C)(C)C(=O)N1CCN(c2nc(-c3ccnc(F)c3)cs2)CC1. The van der Waals surface area contributed by atoms with E-state index < -0.39 is 5.95 Å². The third-order valence-corrected chi connectivity index (χ3v) is 4.89. The summed E-state index contributed by atoms with van der Waals surface area (Å²) in [5.74, 6) is -0.314. The smallest absolute Gasteiger partial charge is 0.228 e. The van der Waals surface area contributed by atoms with Crippen LogP contribution in [0.5, 0.6) is 0 Å². The van der Waals surface area contributed by atoms with Gasteiger partial charge in [0.1, 0.15) is 0 Å². The van der Waals surface area contributed by atoms with E-state index in [4.69, 9.17) is 0 Å². The van der Waals surface area contributed by atoms with Gasteiger partial charge in [0.25, 0.3) is 0 Å². The summed E-state index contributed by atoms with van der Waals surface area (Å²) in [5, 5.41) is 2.83. The second kappa shape index (κ2) is 6.47. The Labute approximate surface area is 145 Å². The first-order valence-electron chi connectivity index (χ1n) is 7.96. The number of hydrogen-bond acceptors (Lipinski definition) is 5. The van der Waals surface area contributed by atoms with Crippen LogP contribution in [-0.2, 0) is 4.79 Å². The van der Waals surface area contributed by atoms with Crippen LogP contribution < -0.4 is 4.90 Å². The fraction of sp³-hybridized carbons (Fsp3) is 0.471. The van der Waals surface area contributed by atoms with E-state index in [1.54, 1.807) is 17.4 Å². The van der Waals surface area contributed by atoms with Gasteiger partial charge in [-0.25, -0.2) is 9.97 Å². The number of carbonyl (C=O) groups excluding carboxylic acids is 1. The zero-order valence-electron chi connectivity index (χ0n) is 14.1. The second-order valence-electron chi connectivity index (χ2n) is 6.91. The molecule has 2 aromatic heterocycles. The summed E-state index contributed by atoms with van der Waals surface area (Å²) in [6.07, 6.45) is 1.45. The highest BCUT2D eigenvalue weighted by Crippen LogP contribution is 2.28. The molecule has 0 unspecified atom stereocenters. The van der Waals surface area contributed by atoms with Crippen molar-refractivity contribution in [3.8, 4) is 11.3 Å². The zero-order valence-corrected chi connectivity index (χ0v) is 14.9. The highest BCUT2D eigenvalue weighted by molar-refractivity contribution is 7.14. The molecular weight excluding hydrogens is 327 g/mol. The van der Waals surface area contributed by atoms with Gasteiger partial charge in [0, 0.05) is 54.8 Å². The molecule has 128 valence electrons. The number of anilines is 1. The van der Waals surface area contributed by atoms with Crippen molar-refractivity contribution in [2.45, 2.75) is 20.8 Å². The van der Waals surface area contributed by atoms with Gasteiger partial charge < -0.3 is 9.80 Å². The van der Waals surface area contributed by atoms with Crippen LogP contribution >= 0.6 is 11.3 Å². The minimum atomic E-state index is -0.503. The van der Waals surface area contributed by atoms with E-state index >= 15 is 0 Å². The Hall–Kier alpha value is -2.02. The molecule has 0 N–H and O–H groups in total. The van der Waals surface area contributed by atoms with E-state index in [1.165, 1.54) is 12.3 Å². The normalized spacial score (nSPS) is 15.7. The Balaban J connectivity index is 1.67. The molecule has 3 rings (SSSR count). The molecule has 5 nitrogen and oxygen atoms in total. The lowest BCUT2D eigenvalue weighted by atomic mass is 9.94. The molecule has 0 bridgehead atoms. The Morgan fingerprint density at radius 3 is 2.58 bits per heavy atom. The number of hydrogen-bond donors (Lipinski definition) is 0. The van der Waals surface area contributed by atoms with Gasteiger partial charge >= 0.3 is 0 Å². The largest absolute Gasteiger partial charge is 0.345 e. The predicted octanol–water partition coefficient (Wildman–Crippen LogP) is 3.04. The van der Waals surface area contributed by atoms with E-state index in [0.29, 0.717) is 13.1 Å². The van der Waals surface area contributed by atoms with E-state index in [1.807, 2.05) is 31.1 Å². The second-order valence-corrected chi connectivity index (χ2v) is 7.75. The zero-order chi connectivity index (χ0) is 17.3. The van der Waals surface area contributed by atoms with Crippen molar-refractivity contribution in [3.05, 3.63) is 29.7 Å². The van der Waals surface area contributed by atoms with Crippen LogP contribution in [0.25, 0.3) is 11.3 Å². The molecule has 0 saturated carbocycles. The summed E-state index contributed by atoms with van der Waals surface area (Å²) in [4.78, 5) is 24.6. The van der Waals surface area contributed by atoms with Gasteiger partial charge in [-0.2, -0.15) is 4.39 Å². The quantitative estimate of drug-likeness (QED) is 0.783. The molecule has 3 heterocycles. The fourth-order valence-corrected chi connectivity index (χ4v) is 3.57. The molecule has 0 spiro atoms. The molecule has 1 aliphatic heterocycles. The third-order valence-electron chi connectivity index (χ3n) is 3.99. The Bertz CT molecular complexity index is 732. The Morgan fingerprint density at radius 2 is 1.96 bits per heavy atom. The first kappa shape index (κ1) is 16.8. The summed E-state index contributed by atoms with van der Waals surface area (Å²) in [6, 6.07) is 3.14. The molecule has 0 aromatic carbocycles. The van der Waals surface area contributed by atoms with Crippen LogP contribution in [0.3, 0.4) is 0 Å². The lowest BCUT2D eigenvalue weighted by molar-refractivity contribution is -0.139. The number of carbonyl (C=O) groups is 1. The fourth-order valence-electron chi connectivity index (χ4n) is 2.68. The van der Waals surface area contributed by atoms with Crippen LogP contribution in [0.1, 0.15) is 20.8 Å². The van der Waals surface area contributed by atoms with Crippen molar-refractivity contribution in [1.29, 1.82) is 0 Å². The van der Waals surface area contributed by atoms with Crippen LogP contribution in [0.4, 0.5) is 9.52 Å². The molecule has 24 heavy (non-hydrogen) atoms. The van der Waals surface area contributed by atoms with Crippen molar-refractivity contribution in [1.82, 2.24) is 14.9 Å². The molecule has 0 radical (unpaired) electrons. The lowest BCUT2D eigenvalue weighted by Crippen LogP contribution is -2.51. The van der Waals surface area contributed by atoms with Crippen molar-refractivity contribution in [2.75, 3.05) is 31.1 Å². The minimum absolute atomic E-state index is 0.189. The third kappa shape index (κ3) is 3.56. The average molecular weight is 348 g/mol. The lowest BCUT2D eigenvalue weighted by Gasteiger charge is -2.37. The molecular formula is C17H21FN4OS. The number of halogens is 1. The van der Waals surface area contributed by atoms with Crippen molar-refractivity contribution in [2.24, 2.45) is 5.41 Å². The van der Waals surface area contributed by atoms with E-state index in [2.05, 4.69) is 14.9 Å². The number of aromatic nitrogens is 2. The van der Waals surface area contributed by atoms with Crippen molar-refractivity contribution >= 4 is 22.4 Å². The molecule has 0 atom stereocenters. The summed E-state index contributed by atoms with van der Waals surface area (Å²) in [7, 11) is 0. The molecule has 1 aliphatic rings. The topological polar surface area (TPSA) is 49.3 Å². The molecule has 1 saturated heterocycles. The van der Waals surface area contributed by atoms with Gasteiger partial charge in [0.05, 0.1) is 5.69 Å². The van der Waals surface area contributed by atoms with E-state index in [-0.39, 0.29) is 11.3 Å². The summed E-state index contributed by atoms with van der Waals surface area (Å²) >= 11 is 1.54. The average Bonchev–Trinajstić information content (AvgIpc) is 3.03. The van der Waals surface area contributed by atoms with Crippen LogP contribution in [0.2, 0.25) is 0 Å². The summed E-state index contributed by atoms with van der Waals surface area (Å²) in [6.45, 7) is 8.77. The van der Waals surface area contributed by atoms with E-state index in [9.17, 15) is 9.18 Å². The Kier molecular flexibility index (Phi) is 4.54. The van der Waals surface area contributed by atoms with Crippen LogP contribution in [-0.4, -0.2) is 47.0 Å². The molecule has 7 heteroatoms. The van der Waals surface area contributed by atoms with Crippen LogP contribution in [0, 0.1) is 11.4 Å². The first-order chi connectivity index (χ1) is 11.3. The maximum absolute atomic E-state index is 13.2. The van der Waals surface area contributed by atoms with Crippen molar-refractivity contribution in [3.63, 3.8) is 0 Å². The van der Waals surface area contributed by atoms with E-state index in [0.717, 1.165) is 29.5 Å².